The number of hydrogen-bond donors (Lipinski definition) is 0. The lowest BCUT2D eigenvalue weighted by molar-refractivity contribution is -0.147. The summed E-state index contributed by atoms with van der Waals surface area (Å²) in [6.45, 7) is 7.83. The van der Waals surface area contributed by atoms with E-state index in [1.165, 1.54) is 6.33 Å². The van der Waals surface area contributed by atoms with Gasteiger partial charge < -0.3 is 9.64 Å². The number of carbonyl (C=O) groups is 1. The van der Waals surface area contributed by atoms with Crippen LogP contribution < -0.4 is 0 Å². The molecule has 6 heteroatoms. The molecule has 18 heavy (non-hydrogen) atoms. The highest BCUT2D eigenvalue weighted by Gasteiger charge is 2.28. The minimum atomic E-state index is -0.0933. The Morgan fingerprint density at radius 2 is 2.11 bits per heavy atom. The summed E-state index contributed by atoms with van der Waals surface area (Å²) in [6.07, 6.45) is 3.33. The maximum Gasteiger partial charge on any atom is 0.227 e. The molecule has 1 saturated heterocycles. The van der Waals surface area contributed by atoms with Crippen molar-refractivity contribution in [2.24, 2.45) is 5.92 Å². The molecular weight excluding hydrogens is 232 g/mol. The van der Waals surface area contributed by atoms with Crippen LogP contribution in [0.15, 0.2) is 12.7 Å². The molecule has 1 aromatic rings. The number of hydrogen-bond acceptors (Lipinski definition) is 4. The van der Waals surface area contributed by atoms with Gasteiger partial charge in [0.05, 0.1) is 24.7 Å². The van der Waals surface area contributed by atoms with Crippen LogP contribution in [0.2, 0.25) is 0 Å². The molecule has 2 rings (SSSR count). The van der Waals surface area contributed by atoms with Crippen LogP contribution in [0.4, 0.5) is 0 Å². The highest BCUT2D eigenvalue weighted by atomic mass is 16.5. The molecule has 0 spiro atoms. The van der Waals surface area contributed by atoms with E-state index >= 15 is 0 Å². The van der Waals surface area contributed by atoms with Gasteiger partial charge in [-0.15, -0.1) is 0 Å². The Hall–Kier alpha value is -1.43. The monoisotopic (exact) mass is 252 g/mol. The predicted octanol–water partition coefficient (Wildman–Crippen LogP) is 0.550. The first-order valence-electron chi connectivity index (χ1n) is 6.33. The smallest absolute Gasteiger partial charge is 0.227 e. The summed E-state index contributed by atoms with van der Waals surface area (Å²) in [6, 6.07) is 0. The number of rotatable bonds is 3. The molecular formula is C12H20N4O2. The minimum absolute atomic E-state index is 0.0933. The Labute approximate surface area is 107 Å². The molecule has 1 fully saturated rings. The number of amides is 1. The zero-order valence-corrected chi connectivity index (χ0v) is 11.1. The zero-order chi connectivity index (χ0) is 13.1. The second-order valence-electron chi connectivity index (χ2n) is 5.02. The fourth-order valence-electron chi connectivity index (χ4n) is 2.36. The second kappa shape index (κ2) is 5.48. The maximum atomic E-state index is 12.3. The van der Waals surface area contributed by atoms with Gasteiger partial charge in [0.15, 0.2) is 0 Å². The molecule has 0 N–H and O–H groups in total. The van der Waals surface area contributed by atoms with Crippen molar-refractivity contribution in [3.63, 3.8) is 0 Å². The topological polar surface area (TPSA) is 60.2 Å². The first-order valence-corrected chi connectivity index (χ1v) is 6.33. The summed E-state index contributed by atoms with van der Waals surface area (Å²) in [5.74, 6) is 0.0664. The molecule has 1 aromatic heterocycles. The van der Waals surface area contributed by atoms with Crippen LogP contribution in [0.5, 0.6) is 0 Å². The van der Waals surface area contributed by atoms with E-state index in [9.17, 15) is 4.79 Å². The summed E-state index contributed by atoms with van der Waals surface area (Å²) >= 11 is 0. The van der Waals surface area contributed by atoms with Crippen molar-refractivity contribution < 1.29 is 9.53 Å². The van der Waals surface area contributed by atoms with Crippen LogP contribution in [0.25, 0.3) is 0 Å². The van der Waals surface area contributed by atoms with E-state index in [0.717, 1.165) is 0 Å². The standard InChI is InChI=1S/C12H20N4O2/c1-9(4-16-8-13-7-14-16)12(17)15-5-10(2)18-11(3)6-15/h7-11H,4-6H2,1-3H3/t9?,10-,11+. The Morgan fingerprint density at radius 3 is 2.67 bits per heavy atom. The van der Waals surface area contributed by atoms with E-state index in [0.29, 0.717) is 19.6 Å². The average Bonchev–Trinajstić information content (AvgIpc) is 2.79. The van der Waals surface area contributed by atoms with Crippen molar-refractivity contribution in [1.82, 2.24) is 19.7 Å². The van der Waals surface area contributed by atoms with Crippen molar-refractivity contribution in [3.8, 4) is 0 Å². The molecule has 3 atom stereocenters. The van der Waals surface area contributed by atoms with Gasteiger partial charge in [0.2, 0.25) is 5.91 Å². The second-order valence-corrected chi connectivity index (χ2v) is 5.02. The van der Waals surface area contributed by atoms with Crippen LogP contribution in [0, 0.1) is 5.92 Å². The summed E-state index contributed by atoms with van der Waals surface area (Å²) < 4.78 is 7.32. The van der Waals surface area contributed by atoms with Crippen LogP contribution >= 0.6 is 0 Å². The summed E-state index contributed by atoms with van der Waals surface area (Å²) in [4.78, 5) is 18.1. The number of morpholine rings is 1. The summed E-state index contributed by atoms with van der Waals surface area (Å²) in [5, 5.41) is 4.02. The van der Waals surface area contributed by atoms with Crippen LogP contribution in [-0.4, -0.2) is 50.9 Å². The van der Waals surface area contributed by atoms with Crippen LogP contribution in [0.1, 0.15) is 20.8 Å². The molecule has 0 aliphatic carbocycles. The Morgan fingerprint density at radius 1 is 1.44 bits per heavy atom. The van der Waals surface area contributed by atoms with E-state index in [1.54, 1.807) is 11.0 Å². The fraction of sp³-hybridized carbons (Fsp3) is 0.750. The van der Waals surface area contributed by atoms with Crippen molar-refractivity contribution in [2.45, 2.75) is 39.5 Å². The number of nitrogens with zero attached hydrogens (tertiary/aromatic N) is 4. The van der Waals surface area contributed by atoms with Gasteiger partial charge in [0.1, 0.15) is 12.7 Å². The molecule has 1 unspecified atom stereocenters. The average molecular weight is 252 g/mol. The third kappa shape index (κ3) is 3.07. The molecule has 1 aliphatic rings. The van der Waals surface area contributed by atoms with E-state index in [-0.39, 0.29) is 24.0 Å². The first kappa shape index (κ1) is 13.0. The lowest BCUT2D eigenvalue weighted by Crippen LogP contribution is -2.50. The predicted molar refractivity (Wildman–Crippen MR) is 65.8 cm³/mol. The molecule has 1 amide bonds. The first-order chi connectivity index (χ1) is 8.56. The normalized spacial score (nSPS) is 26.1. The minimum Gasteiger partial charge on any atom is -0.372 e. The number of carbonyl (C=O) groups excluding carboxylic acids is 1. The third-order valence-corrected chi connectivity index (χ3v) is 3.08. The van der Waals surface area contributed by atoms with Crippen LogP contribution in [0.3, 0.4) is 0 Å². The molecule has 100 valence electrons. The van der Waals surface area contributed by atoms with Gasteiger partial charge >= 0.3 is 0 Å². The Balaban J connectivity index is 1.93. The van der Waals surface area contributed by atoms with E-state index in [1.807, 2.05) is 25.7 Å². The lowest BCUT2D eigenvalue weighted by atomic mass is 10.1. The molecule has 0 radical (unpaired) electrons. The zero-order valence-electron chi connectivity index (χ0n) is 11.1. The Bertz CT molecular complexity index is 383. The van der Waals surface area contributed by atoms with Crippen molar-refractivity contribution >= 4 is 5.91 Å². The van der Waals surface area contributed by atoms with Gasteiger partial charge in [-0.25, -0.2) is 4.98 Å². The molecule has 0 saturated carbocycles. The quantitative estimate of drug-likeness (QED) is 0.788. The molecule has 6 nitrogen and oxygen atoms in total. The van der Waals surface area contributed by atoms with Gasteiger partial charge in [-0.05, 0) is 13.8 Å². The molecule has 1 aliphatic heterocycles. The van der Waals surface area contributed by atoms with Gasteiger partial charge in [-0.3, -0.25) is 9.48 Å². The van der Waals surface area contributed by atoms with Gasteiger partial charge in [-0.2, -0.15) is 5.10 Å². The highest BCUT2D eigenvalue weighted by Crippen LogP contribution is 2.14. The highest BCUT2D eigenvalue weighted by molar-refractivity contribution is 5.78. The van der Waals surface area contributed by atoms with Crippen molar-refractivity contribution in [2.75, 3.05) is 13.1 Å². The van der Waals surface area contributed by atoms with E-state index in [4.69, 9.17) is 4.74 Å². The van der Waals surface area contributed by atoms with Gasteiger partial charge in [0, 0.05) is 13.1 Å². The molecule has 0 aromatic carbocycles. The summed E-state index contributed by atoms with van der Waals surface area (Å²) in [5.41, 5.74) is 0. The number of ether oxygens (including phenoxy) is 1. The van der Waals surface area contributed by atoms with Crippen LogP contribution in [-0.2, 0) is 16.1 Å². The van der Waals surface area contributed by atoms with E-state index in [2.05, 4.69) is 10.1 Å². The molecule has 2 heterocycles. The number of aromatic nitrogens is 3. The largest absolute Gasteiger partial charge is 0.372 e. The van der Waals surface area contributed by atoms with Gasteiger partial charge in [-0.1, -0.05) is 6.92 Å². The van der Waals surface area contributed by atoms with Crippen molar-refractivity contribution in [1.29, 1.82) is 0 Å². The van der Waals surface area contributed by atoms with Gasteiger partial charge in [0.25, 0.3) is 0 Å². The SMILES string of the molecule is CC(Cn1cncn1)C(=O)N1C[C@@H](C)O[C@@H](C)C1. The summed E-state index contributed by atoms with van der Waals surface area (Å²) in [7, 11) is 0. The third-order valence-electron chi connectivity index (χ3n) is 3.08. The maximum absolute atomic E-state index is 12.3. The molecule has 0 bridgehead atoms. The fourth-order valence-corrected chi connectivity index (χ4v) is 2.36. The van der Waals surface area contributed by atoms with E-state index < -0.39 is 0 Å². The van der Waals surface area contributed by atoms with Crippen molar-refractivity contribution in [3.05, 3.63) is 12.7 Å². The lowest BCUT2D eigenvalue weighted by Gasteiger charge is -2.36. The Kier molecular flexibility index (Phi) is 3.96.